The Hall–Kier alpha value is -2.54. The van der Waals surface area contributed by atoms with E-state index < -0.39 is 11.6 Å². The highest BCUT2D eigenvalue weighted by atomic mass is 19.1. The number of halogens is 2. The molecule has 0 spiro atoms. The highest BCUT2D eigenvalue weighted by molar-refractivity contribution is 5.95. The fraction of sp³-hybridized carbons (Fsp3) is 0.0667. The summed E-state index contributed by atoms with van der Waals surface area (Å²) in [4.78, 5) is 11.3. The van der Waals surface area contributed by atoms with Gasteiger partial charge in [-0.25, -0.2) is 8.78 Å². The second-order valence-corrected chi connectivity index (χ2v) is 4.09. The van der Waals surface area contributed by atoms with Gasteiger partial charge in [-0.05, 0) is 48.9 Å². The second kappa shape index (κ2) is 4.99. The van der Waals surface area contributed by atoms with Crippen LogP contribution < -0.4 is 0 Å². The fourth-order valence-electron chi connectivity index (χ4n) is 1.78. The van der Waals surface area contributed by atoms with Gasteiger partial charge in [0.1, 0.15) is 11.6 Å². The lowest BCUT2D eigenvalue weighted by Crippen LogP contribution is -1.95. The number of carbonyl (C=O) groups excluding carboxylic acids is 1. The molecule has 0 atom stereocenters. The predicted octanol–water partition coefficient (Wildman–Crippen LogP) is 3.71. The third-order valence-corrected chi connectivity index (χ3v) is 2.71. The summed E-state index contributed by atoms with van der Waals surface area (Å²) in [6, 6.07) is 9.26. The topological polar surface area (TPSA) is 40.9 Å². The van der Waals surface area contributed by atoms with Gasteiger partial charge in [-0.15, -0.1) is 0 Å². The molecule has 0 saturated heterocycles. The van der Waals surface area contributed by atoms with Crippen LogP contribution in [0.15, 0.2) is 36.4 Å². The zero-order chi connectivity index (χ0) is 14.0. The molecule has 0 saturated carbocycles. The normalized spacial score (nSPS) is 10.0. The van der Waals surface area contributed by atoms with Gasteiger partial charge >= 0.3 is 0 Å². The van der Waals surface area contributed by atoms with Crippen LogP contribution in [0.25, 0.3) is 11.1 Å². The largest absolute Gasteiger partial charge is 0.295 e. The third-order valence-electron chi connectivity index (χ3n) is 2.71. The summed E-state index contributed by atoms with van der Waals surface area (Å²) in [7, 11) is 0. The summed E-state index contributed by atoms with van der Waals surface area (Å²) in [5, 5.41) is 8.78. The molecular weight excluding hydrogens is 248 g/mol. The van der Waals surface area contributed by atoms with Crippen LogP contribution in [0, 0.1) is 23.0 Å². The quantitative estimate of drug-likeness (QED) is 0.769. The Morgan fingerprint density at radius 1 is 1.16 bits per heavy atom. The van der Waals surface area contributed by atoms with E-state index in [4.69, 9.17) is 5.26 Å². The van der Waals surface area contributed by atoms with Gasteiger partial charge in [0.25, 0.3) is 0 Å². The van der Waals surface area contributed by atoms with Gasteiger partial charge < -0.3 is 0 Å². The SMILES string of the molecule is CC(=O)c1ccc(F)c(-c2cc(F)cc(C#N)c2)c1. The summed E-state index contributed by atoms with van der Waals surface area (Å²) in [5.74, 6) is -1.40. The number of benzene rings is 2. The molecule has 2 rings (SSSR count). The van der Waals surface area contributed by atoms with Crippen molar-refractivity contribution in [3.63, 3.8) is 0 Å². The molecule has 2 aromatic rings. The highest BCUT2D eigenvalue weighted by Gasteiger charge is 2.10. The van der Waals surface area contributed by atoms with E-state index >= 15 is 0 Å². The van der Waals surface area contributed by atoms with E-state index in [1.807, 2.05) is 0 Å². The first-order valence-electron chi connectivity index (χ1n) is 5.53. The van der Waals surface area contributed by atoms with Gasteiger partial charge in [-0.3, -0.25) is 4.79 Å². The Labute approximate surface area is 108 Å². The Bertz CT molecular complexity index is 702. The van der Waals surface area contributed by atoms with Crippen LogP contribution in [0.3, 0.4) is 0 Å². The van der Waals surface area contributed by atoms with E-state index in [1.165, 1.54) is 25.1 Å². The highest BCUT2D eigenvalue weighted by Crippen LogP contribution is 2.26. The lowest BCUT2D eigenvalue weighted by atomic mass is 9.99. The van der Waals surface area contributed by atoms with Gasteiger partial charge in [-0.1, -0.05) is 0 Å². The summed E-state index contributed by atoms with van der Waals surface area (Å²) < 4.78 is 27.1. The first-order valence-corrected chi connectivity index (χ1v) is 5.53. The molecule has 0 unspecified atom stereocenters. The minimum atomic E-state index is -0.623. The molecule has 94 valence electrons. The number of ketones is 1. The van der Waals surface area contributed by atoms with Crippen molar-refractivity contribution >= 4 is 5.78 Å². The first kappa shape index (κ1) is 12.9. The minimum Gasteiger partial charge on any atom is -0.295 e. The number of nitrogens with zero attached hydrogens (tertiary/aromatic N) is 1. The van der Waals surface area contributed by atoms with Crippen molar-refractivity contribution in [1.82, 2.24) is 0 Å². The average molecular weight is 257 g/mol. The van der Waals surface area contributed by atoms with Crippen molar-refractivity contribution in [3.8, 4) is 17.2 Å². The van der Waals surface area contributed by atoms with Gasteiger partial charge in [-0.2, -0.15) is 5.26 Å². The monoisotopic (exact) mass is 257 g/mol. The summed E-state index contributed by atoms with van der Waals surface area (Å²) in [6.45, 7) is 1.36. The van der Waals surface area contributed by atoms with Crippen LogP contribution in [0.5, 0.6) is 0 Å². The summed E-state index contributed by atoms with van der Waals surface area (Å²) in [6.07, 6.45) is 0. The van der Waals surface area contributed by atoms with Crippen molar-refractivity contribution in [2.75, 3.05) is 0 Å². The smallest absolute Gasteiger partial charge is 0.159 e. The molecule has 0 aromatic heterocycles. The van der Waals surface area contributed by atoms with Crippen molar-refractivity contribution in [2.24, 2.45) is 0 Å². The summed E-state index contributed by atoms with van der Waals surface area (Å²) >= 11 is 0. The number of carbonyl (C=O) groups is 1. The summed E-state index contributed by atoms with van der Waals surface area (Å²) in [5.41, 5.74) is 0.766. The number of hydrogen-bond acceptors (Lipinski definition) is 2. The standard InChI is InChI=1S/C15H9F2NO/c1-9(19)11-2-3-15(17)14(7-11)12-4-10(8-18)5-13(16)6-12/h2-7H,1H3. The molecule has 0 amide bonds. The average Bonchev–Trinajstić information content (AvgIpc) is 2.38. The molecule has 0 N–H and O–H groups in total. The number of rotatable bonds is 2. The number of hydrogen-bond donors (Lipinski definition) is 0. The Kier molecular flexibility index (Phi) is 3.39. The van der Waals surface area contributed by atoms with Crippen LogP contribution in [0.2, 0.25) is 0 Å². The molecule has 19 heavy (non-hydrogen) atoms. The Balaban J connectivity index is 2.64. The van der Waals surface area contributed by atoms with Crippen LogP contribution in [0.1, 0.15) is 22.8 Å². The molecule has 0 aliphatic carbocycles. The lowest BCUT2D eigenvalue weighted by Gasteiger charge is -2.06. The van der Waals surface area contributed by atoms with Crippen LogP contribution >= 0.6 is 0 Å². The molecular formula is C15H9F2NO. The minimum absolute atomic E-state index is 0.0997. The molecule has 4 heteroatoms. The molecule has 2 nitrogen and oxygen atoms in total. The number of nitriles is 1. The Morgan fingerprint density at radius 2 is 1.89 bits per heavy atom. The van der Waals surface area contributed by atoms with E-state index in [0.29, 0.717) is 5.56 Å². The molecule has 0 radical (unpaired) electrons. The zero-order valence-corrected chi connectivity index (χ0v) is 10.1. The van der Waals surface area contributed by atoms with E-state index in [-0.39, 0.29) is 22.5 Å². The van der Waals surface area contributed by atoms with Gasteiger partial charge in [0, 0.05) is 11.1 Å². The number of Topliss-reactive ketones (excluding diaryl/α,β-unsaturated/α-hetero) is 1. The maximum atomic E-state index is 13.8. The van der Waals surface area contributed by atoms with Crippen LogP contribution in [0.4, 0.5) is 8.78 Å². The van der Waals surface area contributed by atoms with Crippen molar-refractivity contribution in [3.05, 3.63) is 59.2 Å². The van der Waals surface area contributed by atoms with E-state index in [2.05, 4.69) is 0 Å². The second-order valence-electron chi connectivity index (χ2n) is 4.09. The van der Waals surface area contributed by atoms with Gasteiger partial charge in [0.2, 0.25) is 0 Å². The van der Waals surface area contributed by atoms with E-state index in [1.54, 1.807) is 6.07 Å². The van der Waals surface area contributed by atoms with Crippen molar-refractivity contribution < 1.29 is 13.6 Å². The van der Waals surface area contributed by atoms with Gasteiger partial charge in [0.15, 0.2) is 5.78 Å². The van der Waals surface area contributed by atoms with E-state index in [9.17, 15) is 13.6 Å². The van der Waals surface area contributed by atoms with Crippen LogP contribution in [-0.2, 0) is 0 Å². The van der Waals surface area contributed by atoms with Crippen molar-refractivity contribution in [2.45, 2.75) is 6.92 Å². The van der Waals surface area contributed by atoms with Crippen LogP contribution in [-0.4, -0.2) is 5.78 Å². The zero-order valence-electron chi connectivity index (χ0n) is 10.1. The first-order chi connectivity index (χ1) is 9.01. The van der Waals surface area contributed by atoms with E-state index in [0.717, 1.165) is 18.2 Å². The predicted molar refractivity (Wildman–Crippen MR) is 66.5 cm³/mol. The van der Waals surface area contributed by atoms with Gasteiger partial charge in [0.05, 0.1) is 11.6 Å². The molecule has 0 aliphatic heterocycles. The molecule has 0 aliphatic rings. The Morgan fingerprint density at radius 3 is 2.53 bits per heavy atom. The van der Waals surface area contributed by atoms with Crippen molar-refractivity contribution in [1.29, 1.82) is 5.26 Å². The maximum absolute atomic E-state index is 13.8. The lowest BCUT2D eigenvalue weighted by molar-refractivity contribution is 0.101. The molecule has 0 fully saturated rings. The molecule has 0 bridgehead atoms. The molecule has 0 heterocycles. The fourth-order valence-corrected chi connectivity index (χ4v) is 1.78. The maximum Gasteiger partial charge on any atom is 0.159 e. The third kappa shape index (κ3) is 2.66. The molecule has 2 aromatic carbocycles.